The van der Waals surface area contributed by atoms with Crippen molar-refractivity contribution in [2.45, 2.75) is 6.54 Å². The molecule has 0 aliphatic heterocycles. The Hall–Kier alpha value is -2.13. The van der Waals surface area contributed by atoms with Gasteiger partial charge in [-0.1, -0.05) is 18.2 Å². The van der Waals surface area contributed by atoms with E-state index in [1.165, 1.54) is 5.69 Å². The van der Waals surface area contributed by atoms with Gasteiger partial charge in [-0.05, 0) is 29.8 Å². The second-order valence-corrected chi connectivity index (χ2v) is 6.67. The number of nitrogens with zero attached hydrogens (tertiary/aromatic N) is 1. The summed E-state index contributed by atoms with van der Waals surface area (Å²) in [5, 5.41) is 8.72. The van der Waals surface area contributed by atoms with Gasteiger partial charge < -0.3 is 29.3 Å². The summed E-state index contributed by atoms with van der Waals surface area (Å²) in [6, 6.07) is 13.5. The molecule has 0 radical (unpaired) electrons. The van der Waals surface area contributed by atoms with Gasteiger partial charge >= 0.3 is 0 Å². The molecule has 2 aromatic carbocycles. The number of anilines is 1. The molecule has 0 saturated heterocycles. The molecule has 3 rings (SSSR count). The zero-order valence-electron chi connectivity index (χ0n) is 14.4. The maximum atomic E-state index is 12.1. The number of fused-ring (bicyclic) bond motifs is 1. The summed E-state index contributed by atoms with van der Waals surface area (Å²) in [5.74, 6) is 0. The predicted octanol–water partition coefficient (Wildman–Crippen LogP) is -0.971. The van der Waals surface area contributed by atoms with E-state index >= 15 is 0 Å². The van der Waals surface area contributed by atoms with E-state index in [0.29, 0.717) is 23.0 Å². The fourth-order valence-electron chi connectivity index (χ4n) is 2.64. The number of hydrogen-bond donors (Lipinski definition) is 3. The summed E-state index contributed by atoms with van der Waals surface area (Å²) in [4.78, 5) is 23.9. The Morgan fingerprint density at radius 2 is 1.56 bits per heavy atom. The molecular formula is C18H21IN4O2. The van der Waals surface area contributed by atoms with Crippen molar-refractivity contribution in [2.24, 2.45) is 0 Å². The van der Waals surface area contributed by atoms with Crippen LogP contribution in [-0.2, 0) is 6.54 Å². The number of hydrogen-bond acceptors (Lipinski definition) is 3. The summed E-state index contributed by atoms with van der Waals surface area (Å²) in [7, 11) is 6.35. The lowest BCUT2D eigenvalue weighted by Crippen LogP contribution is -3.00. The minimum Gasteiger partial charge on any atom is -1.00 e. The molecule has 0 aliphatic carbocycles. The molecule has 3 N–H and O–H groups in total. The topological polar surface area (TPSA) is 77.8 Å². The van der Waals surface area contributed by atoms with Crippen LogP contribution in [0.25, 0.3) is 10.8 Å². The molecule has 1 heterocycles. The molecule has 1 aromatic heterocycles. The van der Waals surface area contributed by atoms with Crippen LogP contribution in [0, 0.1) is 0 Å². The average Bonchev–Trinajstić information content (AvgIpc) is 2.56. The van der Waals surface area contributed by atoms with Gasteiger partial charge in [-0.15, -0.1) is 0 Å². The highest BCUT2D eigenvalue weighted by Gasteiger charge is 2.11. The lowest BCUT2D eigenvalue weighted by Gasteiger charge is -2.23. The van der Waals surface area contributed by atoms with Crippen molar-refractivity contribution in [3.05, 3.63) is 68.7 Å². The molecule has 0 fully saturated rings. The molecule has 132 valence electrons. The van der Waals surface area contributed by atoms with Gasteiger partial charge in [0.2, 0.25) is 0 Å². The molecular weight excluding hydrogens is 431 g/mol. The van der Waals surface area contributed by atoms with Crippen molar-refractivity contribution in [1.82, 2.24) is 14.7 Å². The highest BCUT2D eigenvalue weighted by molar-refractivity contribution is 5.92. The predicted molar refractivity (Wildman–Crippen MR) is 98.5 cm³/mol. The summed E-state index contributed by atoms with van der Waals surface area (Å²) in [6.45, 7) is 0.572. The number of rotatable bonds is 4. The summed E-state index contributed by atoms with van der Waals surface area (Å²) < 4.78 is 0.759. The van der Waals surface area contributed by atoms with E-state index < -0.39 is 0 Å². The van der Waals surface area contributed by atoms with Crippen LogP contribution in [0.15, 0.2) is 52.1 Å². The first-order chi connectivity index (χ1) is 11.4. The second kappa shape index (κ2) is 7.40. The molecule has 0 atom stereocenters. The van der Waals surface area contributed by atoms with Crippen molar-refractivity contribution >= 4 is 22.1 Å². The van der Waals surface area contributed by atoms with Crippen molar-refractivity contribution < 1.29 is 24.0 Å². The van der Waals surface area contributed by atoms with E-state index in [1.54, 1.807) is 18.2 Å². The Morgan fingerprint density at radius 3 is 2.20 bits per heavy atom. The number of aromatic nitrogens is 2. The van der Waals surface area contributed by atoms with E-state index in [9.17, 15) is 9.59 Å². The second-order valence-electron chi connectivity index (χ2n) is 6.67. The van der Waals surface area contributed by atoms with E-state index in [-0.39, 0.29) is 35.1 Å². The van der Waals surface area contributed by atoms with Crippen LogP contribution in [0.1, 0.15) is 5.56 Å². The standard InChI is InChI=1S/C18H20N4O2.HI/c1-22(2,3)13-9-7-12(8-10-13)11-19-15-6-4-5-14-16(15)18(24)21-20-17(14)23;/h4-10H,11H2,1-3H3,(H2-,19,20,21,23,24);1H. The fraction of sp³-hybridized carbons (Fsp3) is 0.222. The minimum atomic E-state index is -0.312. The van der Waals surface area contributed by atoms with Gasteiger partial charge in [0.05, 0.1) is 31.9 Å². The number of quaternary nitrogens is 1. The van der Waals surface area contributed by atoms with Crippen LogP contribution in [0.3, 0.4) is 0 Å². The number of benzene rings is 2. The van der Waals surface area contributed by atoms with Crippen LogP contribution < -0.4 is 44.9 Å². The van der Waals surface area contributed by atoms with Gasteiger partial charge in [0.25, 0.3) is 11.1 Å². The van der Waals surface area contributed by atoms with Crippen molar-refractivity contribution in [2.75, 3.05) is 26.5 Å². The zero-order chi connectivity index (χ0) is 17.3. The van der Waals surface area contributed by atoms with E-state index in [4.69, 9.17) is 0 Å². The van der Waals surface area contributed by atoms with Crippen molar-refractivity contribution in [1.29, 1.82) is 0 Å². The number of H-pyrrole nitrogens is 2. The Kier molecular flexibility index (Phi) is 5.69. The monoisotopic (exact) mass is 452 g/mol. The molecule has 0 aliphatic rings. The Labute approximate surface area is 162 Å². The molecule has 0 spiro atoms. The maximum absolute atomic E-state index is 12.1. The molecule has 25 heavy (non-hydrogen) atoms. The van der Waals surface area contributed by atoms with E-state index in [2.05, 4.69) is 60.9 Å². The molecule has 7 heteroatoms. The van der Waals surface area contributed by atoms with Crippen LogP contribution in [-0.4, -0.2) is 31.3 Å². The Balaban J connectivity index is 0.00000225. The fourth-order valence-corrected chi connectivity index (χ4v) is 2.64. The lowest BCUT2D eigenvalue weighted by molar-refractivity contribution is -0.00000523. The molecule has 3 aromatic rings. The summed E-state index contributed by atoms with van der Waals surface area (Å²) in [5.41, 5.74) is 2.35. The zero-order valence-corrected chi connectivity index (χ0v) is 16.5. The van der Waals surface area contributed by atoms with Crippen molar-refractivity contribution in [3.8, 4) is 0 Å². The van der Waals surface area contributed by atoms with Gasteiger partial charge in [-0.2, -0.15) is 0 Å². The highest BCUT2D eigenvalue weighted by Crippen LogP contribution is 2.20. The third-order valence-corrected chi connectivity index (χ3v) is 4.02. The van der Waals surface area contributed by atoms with Crippen LogP contribution >= 0.6 is 0 Å². The summed E-state index contributed by atoms with van der Waals surface area (Å²) >= 11 is 0. The SMILES string of the molecule is C[N+](C)(C)c1ccc(CNc2cccc3c(=O)[nH][nH]c(=O)c23)cc1.[I-]. The van der Waals surface area contributed by atoms with Crippen LogP contribution in [0.4, 0.5) is 11.4 Å². The van der Waals surface area contributed by atoms with Crippen LogP contribution in [0.2, 0.25) is 0 Å². The van der Waals surface area contributed by atoms with Gasteiger partial charge in [-0.25, -0.2) is 0 Å². The first kappa shape index (κ1) is 19.2. The first-order valence-corrected chi connectivity index (χ1v) is 7.75. The summed E-state index contributed by atoms with van der Waals surface area (Å²) in [6.07, 6.45) is 0. The van der Waals surface area contributed by atoms with Gasteiger partial charge in [-0.3, -0.25) is 24.3 Å². The first-order valence-electron chi connectivity index (χ1n) is 7.75. The van der Waals surface area contributed by atoms with Crippen molar-refractivity contribution in [3.63, 3.8) is 0 Å². The molecule has 0 amide bonds. The molecule has 0 unspecified atom stereocenters. The lowest BCUT2D eigenvalue weighted by atomic mass is 10.1. The van der Waals surface area contributed by atoms with E-state index in [1.807, 2.05) is 0 Å². The average molecular weight is 452 g/mol. The minimum absolute atomic E-state index is 0. The highest BCUT2D eigenvalue weighted by atomic mass is 127. The number of halogens is 1. The maximum Gasteiger partial charge on any atom is 0.272 e. The Morgan fingerprint density at radius 1 is 0.920 bits per heavy atom. The smallest absolute Gasteiger partial charge is 0.272 e. The molecule has 0 saturated carbocycles. The van der Waals surface area contributed by atoms with Gasteiger partial charge in [0.15, 0.2) is 0 Å². The van der Waals surface area contributed by atoms with Gasteiger partial charge in [0.1, 0.15) is 5.69 Å². The third kappa shape index (κ3) is 4.10. The normalized spacial score (nSPS) is 11.2. The molecule has 0 bridgehead atoms. The third-order valence-electron chi connectivity index (χ3n) is 4.02. The quantitative estimate of drug-likeness (QED) is 0.352. The van der Waals surface area contributed by atoms with Gasteiger partial charge in [0, 0.05) is 12.2 Å². The number of nitrogens with one attached hydrogen (secondary N) is 3. The van der Waals surface area contributed by atoms with E-state index in [0.717, 1.165) is 10.0 Å². The largest absolute Gasteiger partial charge is 1.00 e. The Bertz CT molecular complexity index is 985. The number of aromatic amines is 2. The molecule has 6 nitrogen and oxygen atoms in total. The van der Waals surface area contributed by atoms with Crippen LogP contribution in [0.5, 0.6) is 0 Å².